The van der Waals surface area contributed by atoms with Gasteiger partial charge < -0.3 is 0 Å². The van der Waals surface area contributed by atoms with Crippen molar-refractivity contribution in [3.8, 4) is 0 Å². The molecule has 1 nitrogen and oxygen atoms in total. The molecule has 87 valence electrons. The van der Waals surface area contributed by atoms with Crippen LogP contribution in [0.25, 0.3) is 10.8 Å². The zero-order valence-corrected chi connectivity index (χ0v) is 10.2. The first-order valence-electron chi connectivity index (χ1n) is 6.10. The largest absolute Gasteiger partial charge is 0.200 e. The molecule has 0 amide bonds. The summed E-state index contributed by atoms with van der Waals surface area (Å²) in [5, 5.41) is 2.55. The lowest BCUT2D eigenvalue weighted by molar-refractivity contribution is -0.687. The fourth-order valence-corrected chi connectivity index (χ4v) is 2.13. The van der Waals surface area contributed by atoms with Crippen LogP contribution in [0.5, 0.6) is 0 Å². The van der Waals surface area contributed by atoms with E-state index in [0.717, 1.165) is 12.1 Å². The molecule has 3 aromatic rings. The lowest BCUT2D eigenvalue weighted by atomic mass is 10.1. The number of hydrogen-bond donors (Lipinski definition) is 0. The molecule has 1 heterocycles. The van der Waals surface area contributed by atoms with Gasteiger partial charge in [-0.15, -0.1) is 0 Å². The van der Waals surface area contributed by atoms with Crippen molar-refractivity contribution < 1.29 is 4.57 Å². The smallest absolute Gasteiger partial charge is 0.176 e. The van der Waals surface area contributed by atoms with Gasteiger partial charge in [-0.3, -0.25) is 0 Å². The van der Waals surface area contributed by atoms with Crippen LogP contribution in [0.3, 0.4) is 0 Å². The Labute approximate surface area is 107 Å². The minimum absolute atomic E-state index is 0.894. The van der Waals surface area contributed by atoms with E-state index in [1.54, 1.807) is 0 Å². The highest BCUT2D eigenvalue weighted by molar-refractivity contribution is 5.80. The Morgan fingerprint density at radius 2 is 1.56 bits per heavy atom. The predicted octanol–water partition coefficient (Wildman–Crippen LogP) is 3.36. The van der Waals surface area contributed by atoms with Crippen LogP contribution in [0.1, 0.15) is 11.1 Å². The van der Waals surface area contributed by atoms with Crippen molar-refractivity contribution in [2.45, 2.75) is 6.54 Å². The van der Waals surface area contributed by atoms with Gasteiger partial charge >= 0.3 is 0 Å². The van der Waals surface area contributed by atoms with Crippen LogP contribution in [-0.2, 0) is 6.54 Å². The molecule has 0 fully saturated rings. The third-order valence-corrected chi connectivity index (χ3v) is 3.13. The van der Waals surface area contributed by atoms with Crippen molar-refractivity contribution in [1.29, 1.82) is 0 Å². The standard InChI is InChI=1S/C17H15N/c1-14-6-8-15(9-7-14)12-18-11-10-16-4-2-3-5-17(16)13-18/h2-11,13H,1,12H2/q+1. The second-order valence-corrected chi connectivity index (χ2v) is 4.56. The van der Waals surface area contributed by atoms with Crippen molar-refractivity contribution in [3.05, 3.63) is 85.0 Å². The van der Waals surface area contributed by atoms with Gasteiger partial charge in [0.25, 0.3) is 0 Å². The van der Waals surface area contributed by atoms with Gasteiger partial charge in [0.15, 0.2) is 18.9 Å². The second kappa shape index (κ2) is 4.61. The second-order valence-electron chi connectivity index (χ2n) is 4.56. The average Bonchev–Trinajstić information content (AvgIpc) is 2.41. The van der Waals surface area contributed by atoms with Crippen molar-refractivity contribution >= 4 is 10.8 Å². The molecular weight excluding hydrogens is 218 g/mol. The molecule has 0 spiro atoms. The summed E-state index contributed by atoms with van der Waals surface area (Å²) in [6.07, 6.45) is 4.31. The number of rotatable bonds is 2. The number of pyridine rings is 1. The molecule has 0 atom stereocenters. The lowest BCUT2D eigenvalue weighted by Gasteiger charge is -2.00. The Morgan fingerprint density at radius 1 is 0.833 bits per heavy atom. The number of nitrogens with zero attached hydrogens (tertiary/aromatic N) is 1. The molecule has 0 saturated carbocycles. The summed E-state index contributed by atoms with van der Waals surface area (Å²) in [6.45, 7) is 4.80. The highest BCUT2D eigenvalue weighted by atomic mass is 14.9. The van der Waals surface area contributed by atoms with Gasteiger partial charge in [-0.25, -0.2) is 4.57 Å². The quantitative estimate of drug-likeness (QED) is 0.598. The summed E-state index contributed by atoms with van der Waals surface area (Å²) < 4.78 is 2.21. The van der Waals surface area contributed by atoms with E-state index in [1.165, 1.54) is 16.3 Å². The van der Waals surface area contributed by atoms with E-state index in [0.29, 0.717) is 0 Å². The van der Waals surface area contributed by atoms with Crippen molar-refractivity contribution in [2.24, 2.45) is 0 Å². The van der Waals surface area contributed by atoms with Crippen molar-refractivity contribution in [2.75, 3.05) is 0 Å². The van der Waals surface area contributed by atoms with Gasteiger partial charge in [-0.05, 0) is 23.9 Å². The van der Waals surface area contributed by atoms with Crippen LogP contribution in [0.4, 0.5) is 0 Å². The molecule has 1 radical (unpaired) electrons. The molecular formula is C17H15N+. The van der Waals surface area contributed by atoms with Gasteiger partial charge in [0.05, 0.1) is 0 Å². The topological polar surface area (TPSA) is 3.88 Å². The summed E-state index contributed by atoms with van der Waals surface area (Å²) in [7, 11) is 0. The lowest BCUT2D eigenvalue weighted by Crippen LogP contribution is -2.33. The van der Waals surface area contributed by atoms with E-state index in [-0.39, 0.29) is 0 Å². The molecule has 2 aromatic carbocycles. The fourth-order valence-electron chi connectivity index (χ4n) is 2.13. The summed E-state index contributed by atoms with van der Waals surface area (Å²) >= 11 is 0. The fraction of sp³-hybridized carbons (Fsp3) is 0.0588. The number of hydrogen-bond acceptors (Lipinski definition) is 0. The number of aromatic nitrogens is 1. The van der Waals surface area contributed by atoms with E-state index in [2.05, 4.69) is 78.5 Å². The predicted molar refractivity (Wildman–Crippen MR) is 74.1 cm³/mol. The van der Waals surface area contributed by atoms with Crippen LogP contribution >= 0.6 is 0 Å². The Bertz CT molecular complexity index is 669. The summed E-state index contributed by atoms with van der Waals surface area (Å²) in [5.74, 6) is 0. The number of fused-ring (bicyclic) bond motifs is 1. The zero-order chi connectivity index (χ0) is 12.4. The van der Waals surface area contributed by atoms with Gasteiger partial charge in [0.1, 0.15) is 0 Å². The highest BCUT2D eigenvalue weighted by Gasteiger charge is 2.03. The third-order valence-electron chi connectivity index (χ3n) is 3.13. The molecule has 1 heteroatoms. The summed E-state index contributed by atoms with van der Waals surface area (Å²) in [4.78, 5) is 0. The van der Waals surface area contributed by atoms with E-state index in [9.17, 15) is 0 Å². The molecule has 18 heavy (non-hydrogen) atoms. The van der Waals surface area contributed by atoms with Gasteiger partial charge in [-0.1, -0.05) is 42.5 Å². The first-order valence-corrected chi connectivity index (χ1v) is 6.10. The van der Waals surface area contributed by atoms with E-state index >= 15 is 0 Å². The molecule has 0 aliphatic heterocycles. The van der Waals surface area contributed by atoms with Crippen LogP contribution < -0.4 is 4.57 Å². The van der Waals surface area contributed by atoms with Gasteiger partial charge in [0.2, 0.25) is 0 Å². The summed E-state index contributed by atoms with van der Waals surface area (Å²) in [6, 6.07) is 18.9. The molecule has 0 saturated heterocycles. The minimum Gasteiger partial charge on any atom is -0.200 e. The average molecular weight is 233 g/mol. The Kier molecular flexibility index (Phi) is 2.81. The van der Waals surface area contributed by atoms with E-state index in [1.807, 2.05) is 0 Å². The van der Waals surface area contributed by atoms with Gasteiger partial charge in [0, 0.05) is 17.0 Å². The summed E-state index contributed by atoms with van der Waals surface area (Å²) in [5.41, 5.74) is 2.35. The molecule has 1 aromatic heterocycles. The molecule has 3 rings (SSSR count). The first-order chi connectivity index (χ1) is 8.81. The molecule has 0 N–H and O–H groups in total. The molecule has 0 bridgehead atoms. The third kappa shape index (κ3) is 2.25. The Hall–Kier alpha value is -2.15. The molecule has 0 aliphatic rings. The Balaban J connectivity index is 1.92. The molecule has 0 unspecified atom stereocenters. The van der Waals surface area contributed by atoms with Crippen LogP contribution in [0.2, 0.25) is 0 Å². The van der Waals surface area contributed by atoms with Crippen molar-refractivity contribution in [3.63, 3.8) is 0 Å². The van der Waals surface area contributed by atoms with E-state index in [4.69, 9.17) is 0 Å². The Morgan fingerprint density at radius 3 is 2.33 bits per heavy atom. The highest BCUT2D eigenvalue weighted by Crippen LogP contribution is 2.10. The van der Waals surface area contributed by atoms with Crippen molar-refractivity contribution in [1.82, 2.24) is 0 Å². The number of benzene rings is 2. The maximum Gasteiger partial charge on any atom is 0.176 e. The monoisotopic (exact) mass is 233 g/mol. The van der Waals surface area contributed by atoms with Crippen LogP contribution in [-0.4, -0.2) is 0 Å². The van der Waals surface area contributed by atoms with Crippen LogP contribution in [0.15, 0.2) is 67.0 Å². The first kappa shape index (κ1) is 11.0. The molecule has 0 aliphatic carbocycles. The maximum atomic E-state index is 3.90. The minimum atomic E-state index is 0.894. The van der Waals surface area contributed by atoms with E-state index < -0.39 is 0 Å². The van der Waals surface area contributed by atoms with Crippen LogP contribution in [0, 0.1) is 6.92 Å². The van der Waals surface area contributed by atoms with Gasteiger partial charge in [-0.2, -0.15) is 0 Å². The SMILES string of the molecule is [CH2]c1ccc(C[n+]2ccc3ccccc3c2)cc1. The zero-order valence-electron chi connectivity index (χ0n) is 10.2. The normalized spacial score (nSPS) is 10.7. The maximum absolute atomic E-state index is 3.90.